The van der Waals surface area contributed by atoms with Crippen LogP contribution >= 0.6 is 0 Å². The first kappa shape index (κ1) is 12.7. The Balaban J connectivity index is 2.56. The maximum Gasteiger partial charge on any atom is 0.328 e. The first-order valence-corrected chi connectivity index (χ1v) is 6.74. The maximum absolute atomic E-state index is 11.8. The number of nitrogens with one attached hydrogen (secondary N) is 1. The van der Waals surface area contributed by atoms with Crippen LogP contribution < -0.4 is 0 Å². The number of carbonyl (C=O) groups is 1. The van der Waals surface area contributed by atoms with Gasteiger partial charge in [0.25, 0.3) is 5.16 Å². The van der Waals surface area contributed by atoms with E-state index >= 15 is 0 Å². The molecule has 0 unspecified atom stereocenters. The van der Waals surface area contributed by atoms with Gasteiger partial charge in [0.05, 0.1) is 11.0 Å². The Morgan fingerprint density at radius 2 is 2.06 bits per heavy atom. The molecular weight excluding hydrogens is 256 g/mol. The van der Waals surface area contributed by atoms with Crippen LogP contribution in [0.5, 0.6) is 0 Å². The monoisotopic (exact) mass is 268 g/mol. The first-order valence-electron chi connectivity index (χ1n) is 5.30. The molecule has 0 spiro atoms. The molecule has 0 aliphatic heterocycles. The molecular formula is C11H12N2O4S. The van der Waals surface area contributed by atoms with E-state index in [4.69, 9.17) is 4.55 Å². The second kappa shape index (κ2) is 4.18. The summed E-state index contributed by atoms with van der Waals surface area (Å²) >= 11 is 0. The molecule has 0 aliphatic carbocycles. The predicted octanol–water partition coefficient (Wildman–Crippen LogP) is 1.65. The van der Waals surface area contributed by atoms with Crippen molar-refractivity contribution in [3.05, 3.63) is 23.8 Å². The molecule has 0 fully saturated rings. The van der Waals surface area contributed by atoms with Gasteiger partial charge in [-0.15, -0.1) is 0 Å². The van der Waals surface area contributed by atoms with Crippen molar-refractivity contribution < 1.29 is 17.8 Å². The fourth-order valence-electron chi connectivity index (χ4n) is 1.59. The van der Waals surface area contributed by atoms with Gasteiger partial charge in [0.1, 0.15) is 0 Å². The van der Waals surface area contributed by atoms with Gasteiger partial charge in [-0.1, -0.05) is 13.8 Å². The van der Waals surface area contributed by atoms with Crippen LogP contribution in [0.2, 0.25) is 0 Å². The van der Waals surface area contributed by atoms with Gasteiger partial charge in [-0.05, 0) is 18.2 Å². The summed E-state index contributed by atoms with van der Waals surface area (Å²) in [5.74, 6) is -0.189. The van der Waals surface area contributed by atoms with E-state index in [-0.39, 0.29) is 11.7 Å². The second-order valence-corrected chi connectivity index (χ2v) is 5.60. The number of H-pyrrole nitrogens is 1. The molecule has 0 saturated carbocycles. The molecule has 96 valence electrons. The number of benzene rings is 1. The minimum Gasteiger partial charge on any atom is -0.327 e. The van der Waals surface area contributed by atoms with Gasteiger partial charge in [0.2, 0.25) is 0 Å². The largest absolute Gasteiger partial charge is 0.328 e. The maximum atomic E-state index is 11.8. The van der Waals surface area contributed by atoms with Crippen LogP contribution in [0.3, 0.4) is 0 Å². The molecule has 0 aliphatic rings. The Bertz CT molecular complexity index is 716. The molecule has 1 heterocycles. The van der Waals surface area contributed by atoms with Crippen molar-refractivity contribution in [1.29, 1.82) is 0 Å². The van der Waals surface area contributed by atoms with Gasteiger partial charge in [-0.2, -0.15) is 8.42 Å². The van der Waals surface area contributed by atoms with E-state index in [9.17, 15) is 13.2 Å². The van der Waals surface area contributed by atoms with Crippen molar-refractivity contribution in [1.82, 2.24) is 9.97 Å². The van der Waals surface area contributed by atoms with E-state index in [2.05, 4.69) is 9.97 Å². The quantitative estimate of drug-likeness (QED) is 0.651. The standard InChI is InChI=1S/C11H12N2O4S/c1-6(2)10(14)7-3-4-8-9(5-7)13-11(12-8)18(15,16)17/h3-6H,1-2H3,(H,12,13)(H,15,16,17). The highest BCUT2D eigenvalue weighted by Gasteiger charge is 2.17. The van der Waals surface area contributed by atoms with E-state index in [1.807, 2.05) is 0 Å². The summed E-state index contributed by atoms with van der Waals surface area (Å²) in [5.41, 5.74) is 1.25. The minimum absolute atomic E-state index is 0.0418. The van der Waals surface area contributed by atoms with Crippen molar-refractivity contribution in [2.24, 2.45) is 5.92 Å². The molecule has 0 bridgehead atoms. The Labute approximate surface area is 104 Å². The van der Waals surface area contributed by atoms with Gasteiger partial charge in [0.15, 0.2) is 5.78 Å². The average Bonchev–Trinajstić information content (AvgIpc) is 2.69. The van der Waals surface area contributed by atoms with Crippen LogP contribution in [0.25, 0.3) is 11.0 Å². The summed E-state index contributed by atoms with van der Waals surface area (Å²) in [7, 11) is -4.37. The molecule has 6 nitrogen and oxygen atoms in total. The molecule has 0 atom stereocenters. The summed E-state index contributed by atoms with van der Waals surface area (Å²) in [5, 5.41) is -0.522. The first-order chi connectivity index (χ1) is 8.29. The number of rotatable bonds is 3. The third kappa shape index (κ3) is 2.27. The lowest BCUT2D eigenvalue weighted by atomic mass is 10.0. The Kier molecular flexibility index (Phi) is 2.95. The fourth-order valence-corrected chi connectivity index (χ4v) is 2.05. The summed E-state index contributed by atoms with van der Waals surface area (Å²) in [6, 6.07) is 4.65. The fraction of sp³-hybridized carbons (Fsp3) is 0.273. The molecule has 0 radical (unpaired) electrons. The number of hydrogen-bond donors (Lipinski definition) is 2. The van der Waals surface area contributed by atoms with Crippen LogP contribution in [0.4, 0.5) is 0 Å². The summed E-state index contributed by atoms with van der Waals surface area (Å²) in [4.78, 5) is 18.0. The van der Waals surface area contributed by atoms with E-state index < -0.39 is 15.3 Å². The number of aromatic nitrogens is 2. The van der Waals surface area contributed by atoms with Crippen molar-refractivity contribution in [3.8, 4) is 0 Å². The van der Waals surface area contributed by atoms with Crippen molar-refractivity contribution in [3.63, 3.8) is 0 Å². The lowest BCUT2D eigenvalue weighted by molar-refractivity contribution is 0.0939. The third-order valence-corrected chi connectivity index (χ3v) is 3.20. The van der Waals surface area contributed by atoms with Crippen LogP contribution in [0, 0.1) is 5.92 Å². The average molecular weight is 268 g/mol. The third-order valence-electron chi connectivity index (χ3n) is 2.51. The Morgan fingerprint density at radius 1 is 1.39 bits per heavy atom. The molecule has 1 aromatic carbocycles. The zero-order valence-corrected chi connectivity index (χ0v) is 10.7. The van der Waals surface area contributed by atoms with Gasteiger partial charge >= 0.3 is 10.1 Å². The number of hydrogen-bond acceptors (Lipinski definition) is 4. The zero-order valence-electron chi connectivity index (χ0n) is 9.84. The number of fused-ring (bicyclic) bond motifs is 1. The molecule has 18 heavy (non-hydrogen) atoms. The lowest BCUT2D eigenvalue weighted by Gasteiger charge is -2.03. The molecule has 2 rings (SSSR count). The number of nitrogens with zero attached hydrogens (tertiary/aromatic N) is 1. The number of aromatic amines is 1. The Morgan fingerprint density at radius 3 is 2.61 bits per heavy atom. The lowest BCUT2D eigenvalue weighted by Crippen LogP contribution is -2.06. The van der Waals surface area contributed by atoms with Gasteiger partial charge in [0, 0.05) is 11.5 Å². The van der Waals surface area contributed by atoms with Crippen molar-refractivity contribution >= 4 is 26.9 Å². The van der Waals surface area contributed by atoms with Gasteiger partial charge in [-0.3, -0.25) is 9.35 Å². The van der Waals surface area contributed by atoms with Gasteiger partial charge in [-0.25, -0.2) is 4.98 Å². The molecule has 0 saturated heterocycles. The van der Waals surface area contributed by atoms with Crippen LogP contribution in [0.1, 0.15) is 24.2 Å². The number of ketones is 1. The van der Waals surface area contributed by atoms with E-state index in [0.717, 1.165) is 0 Å². The highest BCUT2D eigenvalue weighted by molar-refractivity contribution is 7.85. The van der Waals surface area contributed by atoms with E-state index in [1.165, 1.54) is 12.1 Å². The van der Waals surface area contributed by atoms with Crippen molar-refractivity contribution in [2.45, 2.75) is 19.0 Å². The normalized spacial score (nSPS) is 12.2. The highest BCUT2D eigenvalue weighted by Crippen LogP contribution is 2.18. The molecule has 0 amide bonds. The predicted molar refractivity (Wildman–Crippen MR) is 65.1 cm³/mol. The minimum atomic E-state index is -4.37. The molecule has 1 aromatic heterocycles. The van der Waals surface area contributed by atoms with Crippen LogP contribution in [-0.2, 0) is 10.1 Å². The summed E-state index contributed by atoms with van der Waals surface area (Å²) < 4.78 is 30.7. The summed E-state index contributed by atoms with van der Waals surface area (Å²) in [6.07, 6.45) is 0. The SMILES string of the molecule is CC(C)C(=O)c1ccc2nc(S(=O)(=O)O)[nH]c2c1. The molecule has 2 aromatic rings. The van der Waals surface area contributed by atoms with E-state index in [0.29, 0.717) is 16.6 Å². The second-order valence-electron chi connectivity index (χ2n) is 4.27. The highest BCUT2D eigenvalue weighted by atomic mass is 32.2. The van der Waals surface area contributed by atoms with Crippen LogP contribution in [0.15, 0.2) is 23.4 Å². The van der Waals surface area contributed by atoms with Crippen molar-refractivity contribution in [2.75, 3.05) is 0 Å². The number of imidazole rings is 1. The molecule has 7 heteroatoms. The van der Waals surface area contributed by atoms with E-state index in [1.54, 1.807) is 19.9 Å². The zero-order chi connectivity index (χ0) is 13.5. The van der Waals surface area contributed by atoms with Gasteiger partial charge < -0.3 is 4.98 Å². The van der Waals surface area contributed by atoms with Crippen LogP contribution in [-0.4, -0.2) is 28.7 Å². The Hall–Kier alpha value is -1.73. The topological polar surface area (TPSA) is 100 Å². The smallest absolute Gasteiger partial charge is 0.327 e. The summed E-state index contributed by atoms with van der Waals surface area (Å²) in [6.45, 7) is 3.56. The number of carbonyl (C=O) groups excluding carboxylic acids is 1. The number of Topliss-reactive ketones (excluding diaryl/α,β-unsaturated/α-hetero) is 1. The molecule has 2 N–H and O–H groups in total.